The topological polar surface area (TPSA) is 102 Å². The van der Waals surface area contributed by atoms with E-state index in [9.17, 15) is 19.8 Å². The number of ether oxygens (including phenoxy) is 3. The molecule has 2 rings (SSSR count). The van der Waals surface area contributed by atoms with E-state index in [4.69, 9.17) is 14.2 Å². The zero-order valence-electron chi connectivity index (χ0n) is 20.3. The van der Waals surface area contributed by atoms with Crippen molar-refractivity contribution in [3.63, 3.8) is 0 Å². The lowest BCUT2D eigenvalue weighted by Crippen LogP contribution is -2.34. The molecule has 1 aliphatic rings. The number of rotatable bonds is 11. The van der Waals surface area contributed by atoms with Gasteiger partial charge in [0.1, 0.15) is 12.2 Å². The fourth-order valence-corrected chi connectivity index (χ4v) is 4.94. The smallest absolute Gasteiger partial charge is 0.302 e. The summed E-state index contributed by atoms with van der Waals surface area (Å²) < 4.78 is 16.6. The summed E-state index contributed by atoms with van der Waals surface area (Å²) in [4.78, 5) is 23.8. The third-order valence-corrected chi connectivity index (χ3v) is 6.53. The fourth-order valence-electron chi connectivity index (χ4n) is 4.94. The molecule has 186 valence electrons. The molecule has 0 bridgehead atoms. The van der Waals surface area contributed by atoms with Crippen molar-refractivity contribution in [2.24, 2.45) is 11.8 Å². The highest BCUT2D eigenvalue weighted by molar-refractivity contribution is 5.66. The normalized spacial score (nSPS) is 20.7. The fraction of sp³-hybridized carbons (Fsp3) is 0.692. The van der Waals surface area contributed by atoms with Crippen LogP contribution < -0.4 is 4.74 Å². The number of aryl methyl sites for hydroxylation is 1. The van der Waals surface area contributed by atoms with Gasteiger partial charge in [0.25, 0.3) is 0 Å². The van der Waals surface area contributed by atoms with Crippen molar-refractivity contribution in [1.29, 1.82) is 0 Å². The Morgan fingerprint density at radius 3 is 2.48 bits per heavy atom. The average Bonchev–Trinajstić information content (AvgIpc) is 2.73. The molecule has 0 radical (unpaired) electrons. The highest BCUT2D eigenvalue weighted by atomic mass is 16.6. The maximum Gasteiger partial charge on any atom is 0.302 e. The molecular formula is C26H40O7. The van der Waals surface area contributed by atoms with Crippen LogP contribution in [0.2, 0.25) is 0 Å². The number of esters is 2. The maximum absolute atomic E-state index is 11.9. The van der Waals surface area contributed by atoms with Gasteiger partial charge in [0, 0.05) is 26.9 Å². The van der Waals surface area contributed by atoms with Gasteiger partial charge in [-0.3, -0.25) is 9.59 Å². The van der Waals surface area contributed by atoms with Crippen molar-refractivity contribution in [2.45, 2.75) is 90.3 Å². The van der Waals surface area contributed by atoms with Crippen LogP contribution in [0.25, 0.3) is 0 Å². The number of aromatic hydroxyl groups is 1. The van der Waals surface area contributed by atoms with Crippen LogP contribution in [0.15, 0.2) is 18.2 Å². The summed E-state index contributed by atoms with van der Waals surface area (Å²) in [6.45, 7) is 2.98. The van der Waals surface area contributed by atoms with Gasteiger partial charge in [-0.2, -0.15) is 0 Å². The number of aliphatic hydroxyl groups is 1. The number of phenols is 1. The number of hydrogen-bond acceptors (Lipinski definition) is 7. The lowest BCUT2D eigenvalue weighted by Gasteiger charge is -2.33. The van der Waals surface area contributed by atoms with Gasteiger partial charge in [-0.1, -0.05) is 31.7 Å². The van der Waals surface area contributed by atoms with Crippen molar-refractivity contribution in [2.75, 3.05) is 13.7 Å². The van der Waals surface area contributed by atoms with Crippen molar-refractivity contribution in [1.82, 2.24) is 0 Å². The average molecular weight is 465 g/mol. The van der Waals surface area contributed by atoms with E-state index in [1.165, 1.54) is 27.4 Å². The van der Waals surface area contributed by atoms with E-state index in [1.54, 1.807) is 12.1 Å². The Kier molecular flexibility index (Phi) is 11.5. The second-order valence-corrected chi connectivity index (χ2v) is 9.17. The third-order valence-electron chi connectivity index (χ3n) is 6.53. The minimum atomic E-state index is -0.395. The number of carbonyl (C=O) groups is 2. The van der Waals surface area contributed by atoms with E-state index in [0.29, 0.717) is 30.9 Å². The van der Waals surface area contributed by atoms with Crippen LogP contribution in [0.5, 0.6) is 11.5 Å². The zero-order chi connectivity index (χ0) is 24.2. The van der Waals surface area contributed by atoms with Crippen LogP contribution in [0.4, 0.5) is 0 Å². The van der Waals surface area contributed by atoms with Gasteiger partial charge < -0.3 is 24.4 Å². The Hall–Kier alpha value is -2.28. The first-order valence-electron chi connectivity index (χ1n) is 12.1. The summed E-state index contributed by atoms with van der Waals surface area (Å²) in [5, 5.41) is 19.3. The minimum absolute atomic E-state index is 0.0782. The highest BCUT2D eigenvalue weighted by Crippen LogP contribution is 2.34. The summed E-state index contributed by atoms with van der Waals surface area (Å²) in [6.07, 6.45) is 8.01. The summed E-state index contributed by atoms with van der Waals surface area (Å²) in [6, 6.07) is 5.19. The van der Waals surface area contributed by atoms with Crippen LogP contribution >= 0.6 is 0 Å². The predicted molar refractivity (Wildman–Crippen MR) is 125 cm³/mol. The Morgan fingerprint density at radius 2 is 1.82 bits per heavy atom. The second-order valence-electron chi connectivity index (χ2n) is 9.17. The van der Waals surface area contributed by atoms with Gasteiger partial charge >= 0.3 is 11.9 Å². The molecule has 0 aromatic heterocycles. The number of carbonyl (C=O) groups excluding carboxylic acids is 2. The van der Waals surface area contributed by atoms with E-state index in [1.807, 2.05) is 6.07 Å². The molecule has 1 aromatic carbocycles. The van der Waals surface area contributed by atoms with Crippen molar-refractivity contribution in [3.05, 3.63) is 23.8 Å². The van der Waals surface area contributed by atoms with E-state index in [0.717, 1.165) is 44.1 Å². The molecule has 7 heteroatoms. The minimum Gasteiger partial charge on any atom is -0.504 e. The maximum atomic E-state index is 11.9. The van der Waals surface area contributed by atoms with Crippen molar-refractivity contribution >= 4 is 11.9 Å². The first kappa shape index (κ1) is 27.0. The number of aliphatic hydroxyl groups excluding tert-OH is 1. The van der Waals surface area contributed by atoms with E-state index < -0.39 is 6.10 Å². The number of methoxy groups -OCH3 is 1. The summed E-state index contributed by atoms with van der Waals surface area (Å²) in [5.41, 5.74) is 0.958. The largest absolute Gasteiger partial charge is 0.504 e. The first-order valence-corrected chi connectivity index (χ1v) is 12.1. The molecule has 1 fully saturated rings. The van der Waals surface area contributed by atoms with Gasteiger partial charge in [0.15, 0.2) is 11.5 Å². The van der Waals surface area contributed by atoms with E-state index >= 15 is 0 Å². The van der Waals surface area contributed by atoms with Crippen molar-refractivity contribution < 1.29 is 34.0 Å². The van der Waals surface area contributed by atoms with Crippen LogP contribution in [0.1, 0.15) is 77.2 Å². The van der Waals surface area contributed by atoms with Gasteiger partial charge in [-0.15, -0.1) is 0 Å². The first-order chi connectivity index (χ1) is 15.8. The molecule has 7 nitrogen and oxygen atoms in total. The zero-order valence-corrected chi connectivity index (χ0v) is 20.3. The molecule has 33 heavy (non-hydrogen) atoms. The molecular weight excluding hydrogens is 424 g/mol. The quantitative estimate of drug-likeness (QED) is 0.463. The monoisotopic (exact) mass is 464 g/mol. The molecule has 0 amide bonds. The molecule has 1 aliphatic carbocycles. The molecule has 0 heterocycles. The molecule has 2 N–H and O–H groups in total. The Bertz CT molecular complexity index is 748. The third kappa shape index (κ3) is 9.62. The number of benzene rings is 1. The van der Waals surface area contributed by atoms with Gasteiger partial charge in [0.2, 0.25) is 0 Å². The SMILES string of the molecule is COc1cc(CCC(CC(OC(C)=O)C2CCCCCC(CCO)C2)OC(C)=O)ccc1O. The lowest BCUT2D eigenvalue weighted by molar-refractivity contribution is -0.156. The summed E-state index contributed by atoms with van der Waals surface area (Å²) >= 11 is 0. The lowest BCUT2D eigenvalue weighted by atomic mass is 9.79. The molecule has 1 aromatic rings. The van der Waals surface area contributed by atoms with E-state index in [2.05, 4.69) is 0 Å². The Labute approximate surface area is 197 Å². The van der Waals surface area contributed by atoms with E-state index in [-0.39, 0.29) is 36.3 Å². The van der Waals surface area contributed by atoms with Crippen LogP contribution in [0.3, 0.4) is 0 Å². The van der Waals surface area contributed by atoms with Gasteiger partial charge in [0.05, 0.1) is 7.11 Å². The molecule has 0 aliphatic heterocycles. The summed E-state index contributed by atoms with van der Waals surface area (Å²) in [5.74, 6) is 0.382. The van der Waals surface area contributed by atoms with Gasteiger partial charge in [-0.05, 0) is 61.6 Å². The molecule has 0 spiro atoms. The van der Waals surface area contributed by atoms with Gasteiger partial charge in [-0.25, -0.2) is 0 Å². The van der Waals surface area contributed by atoms with Crippen LogP contribution in [-0.4, -0.2) is 48.1 Å². The second kappa shape index (κ2) is 14.1. The molecule has 1 saturated carbocycles. The molecule has 4 atom stereocenters. The molecule has 4 unspecified atom stereocenters. The number of hydrogen-bond donors (Lipinski definition) is 2. The van der Waals surface area contributed by atoms with Crippen molar-refractivity contribution in [3.8, 4) is 11.5 Å². The van der Waals surface area contributed by atoms with Crippen LogP contribution in [0, 0.1) is 11.8 Å². The molecule has 0 saturated heterocycles. The highest BCUT2D eigenvalue weighted by Gasteiger charge is 2.31. The van der Waals surface area contributed by atoms with Crippen LogP contribution in [-0.2, 0) is 25.5 Å². The Morgan fingerprint density at radius 1 is 1.09 bits per heavy atom. The Balaban J connectivity index is 2.14. The summed E-state index contributed by atoms with van der Waals surface area (Å²) in [7, 11) is 1.50. The number of phenolic OH excluding ortho intramolecular Hbond substituents is 1. The standard InChI is InChI=1S/C26H40O7/c1-18(28)32-23(11-9-21-10-12-24(30)26(16-21)31-3)17-25(33-19(2)29)22-8-6-4-5-7-20(15-22)13-14-27/h10,12,16,20,22-23,25,27,30H,4-9,11,13-15,17H2,1-3H3. The predicted octanol–water partition coefficient (Wildman–Crippen LogP) is 4.56.